The Morgan fingerprint density at radius 1 is 1.04 bits per heavy atom. The summed E-state index contributed by atoms with van der Waals surface area (Å²) in [6, 6.07) is 5.50. The van der Waals surface area contributed by atoms with Crippen LogP contribution in [0.2, 0.25) is 0 Å². The van der Waals surface area contributed by atoms with Gasteiger partial charge in [-0.3, -0.25) is 4.79 Å². The number of benzene rings is 1. The smallest absolute Gasteiger partial charge is 0.317 e. The maximum absolute atomic E-state index is 12.5. The van der Waals surface area contributed by atoms with Gasteiger partial charge in [-0.2, -0.15) is 0 Å². The number of carbonyl (C=O) groups excluding carboxylic acids is 2. The number of nitrogens with one attached hydrogen (secondary N) is 1. The molecule has 0 bridgehead atoms. The van der Waals surface area contributed by atoms with Crippen molar-refractivity contribution in [3.05, 3.63) is 23.8 Å². The molecule has 2 aliphatic heterocycles. The van der Waals surface area contributed by atoms with Crippen molar-refractivity contribution in [2.45, 2.75) is 32.7 Å². The molecule has 7 heteroatoms. The molecule has 1 aromatic carbocycles. The van der Waals surface area contributed by atoms with Gasteiger partial charge in [-0.15, -0.1) is 0 Å². The SMILES string of the molecule is CC(C)(C)NC(=O)N1CCN(C(=O)Cc2ccc3c(c2)OCO3)CC1. The summed E-state index contributed by atoms with van der Waals surface area (Å²) in [5.41, 5.74) is 0.644. The highest BCUT2D eigenvalue weighted by molar-refractivity contribution is 5.80. The van der Waals surface area contributed by atoms with Crippen molar-refractivity contribution in [2.24, 2.45) is 0 Å². The van der Waals surface area contributed by atoms with Crippen molar-refractivity contribution in [1.82, 2.24) is 15.1 Å². The van der Waals surface area contributed by atoms with E-state index in [9.17, 15) is 9.59 Å². The number of amides is 3. The fraction of sp³-hybridized carbons (Fsp3) is 0.556. The Morgan fingerprint density at radius 2 is 1.68 bits per heavy atom. The Morgan fingerprint density at radius 3 is 2.36 bits per heavy atom. The average Bonchev–Trinajstić information content (AvgIpc) is 3.01. The standard InChI is InChI=1S/C18H25N3O4/c1-18(2,3)19-17(23)21-8-6-20(7-9-21)16(22)11-13-4-5-14-15(10-13)25-12-24-14/h4-5,10H,6-9,11-12H2,1-3H3,(H,19,23). The molecule has 0 unspecified atom stereocenters. The molecule has 1 saturated heterocycles. The number of hydrogen-bond acceptors (Lipinski definition) is 4. The first-order valence-corrected chi connectivity index (χ1v) is 8.55. The molecule has 7 nitrogen and oxygen atoms in total. The minimum atomic E-state index is -0.261. The second-order valence-corrected chi connectivity index (χ2v) is 7.41. The minimum absolute atomic E-state index is 0.0646. The molecule has 2 heterocycles. The highest BCUT2D eigenvalue weighted by Gasteiger charge is 2.26. The predicted octanol–water partition coefficient (Wildman–Crippen LogP) is 1.61. The lowest BCUT2D eigenvalue weighted by Crippen LogP contribution is -2.56. The summed E-state index contributed by atoms with van der Waals surface area (Å²) in [7, 11) is 0. The number of carbonyl (C=O) groups is 2. The van der Waals surface area contributed by atoms with Crippen LogP contribution in [0.1, 0.15) is 26.3 Å². The van der Waals surface area contributed by atoms with Gasteiger partial charge in [0.25, 0.3) is 0 Å². The topological polar surface area (TPSA) is 71.1 Å². The third-order valence-electron chi connectivity index (χ3n) is 4.19. The van der Waals surface area contributed by atoms with Crippen LogP contribution in [0.4, 0.5) is 4.79 Å². The van der Waals surface area contributed by atoms with Gasteiger partial charge in [0.1, 0.15) is 0 Å². The van der Waals surface area contributed by atoms with Gasteiger partial charge in [-0.25, -0.2) is 4.79 Å². The van der Waals surface area contributed by atoms with Crippen LogP contribution in [-0.4, -0.2) is 60.2 Å². The molecule has 1 N–H and O–H groups in total. The van der Waals surface area contributed by atoms with Crippen LogP contribution >= 0.6 is 0 Å². The molecule has 1 aromatic rings. The first kappa shape index (κ1) is 17.4. The number of hydrogen-bond donors (Lipinski definition) is 1. The molecule has 25 heavy (non-hydrogen) atoms. The summed E-state index contributed by atoms with van der Waals surface area (Å²) >= 11 is 0. The van der Waals surface area contributed by atoms with Gasteiger partial charge in [0.05, 0.1) is 6.42 Å². The molecule has 3 rings (SSSR count). The Balaban J connectivity index is 1.51. The van der Waals surface area contributed by atoms with Crippen LogP contribution < -0.4 is 14.8 Å². The maximum Gasteiger partial charge on any atom is 0.317 e. The van der Waals surface area contributed by atoms with Crippen molar-refractivity contribution in [3.63, 3.8) is 0 Å². The normalized spacial score (nSPS) is 16.8. The summed E-state index contributed by atoms with van der Waals surface area (Å²) in [4.78, 5) is 28.3. The highest BCUT2D eigenvalue weighted by Crippen LogP contribution is 2.32. The summed E-state index contributed by atoms with van der Waals surface area (Å²) in [5, 5.41) is 2.95. The van der Waals surface area contributed by atoms with E-state index in [-0.39, 0.29) is 24.3 Å². The first-order valence-electron chi connectivity index (χ1n) is 8.55. The van der Waals surface area contributed by atoms with Crippen LogP contribution in [0, 0.1) is 0 Å². The average molecular weight is 347 g/mol. The van der Waals surface area contributed by atoms with Crippen molar-refractivity contribution in [1.29, 1.82) is 0 Å². The van der Waals surface area contributed by atoms with E-state index in [1.807, 2.05) is 43.9 Å². The quantitative estimate of drug-likeness (QED) is 0.882. The zero-order chi connectivity index (χ0) is 18.0. The Labute approximate surface area is 147 Å². The number of piperazine rings is 1. The molecule has 0 radical (unpaired) electrons. The minimum Gasteiger partial charge on any atom is -0.454 e. The fourth-order valence-electron chi connectivity index (χ4n) is 2.90. The van der Waals surface area contributed by atoms with E-state index in [1.165, 1.54) is 0 Å². The summed E-state index contributed by atoms with van der Waals surface area (Å²) in [6.07, 6.45) is 0.324. The zero-order valence-corrected chi connectivity index (χ0v) is 15.0. The molecular formula is C18H25N3O4. The Kier molecular flexibility index (Phi) is 4.74. The van der Waals surface area contributed by atoms with Crippen LogP contribution in [0.25, 0.3) is 0 Å². The fourth-order valence-corrected chi connectivity index (χ4v) is 2.90. The molecular weight excluding hydrogens is 322 g/mol. The number of rotatable bonds is 2. The van der Waals surface area contributed by atoms with E-state index in [4.69, 9.17) is 9.47 Å². The van der Waals surface area contributed by atoms with E-state index in [2.05, 4.69) is 5.32 Å². The molecule has 0 saturated carbocycles. The Hall–Kier alpha value is -2.44. The van der Waals surface area contributed by atoms with Gasteiger partial charge >= 0.3 is 6.03 Å². The molecule has 0 aromatic heterocycles. The van der Waals surface area contributed by atoms with E-state index >= 15 is 0 Å². The van der Waals surface area contributed by atoms with Crippen molar-refractivity contribution < 1.29 is 19.1 Å². The number of ether oxygens (including phenoxy) is 2. The highest BCUT2D eigenvalue weighted by atomic mass is 16.7. The van der Waals surface area contributed by atoms with Gasteiger partial charge < -0.3 is 24.6 Å². The van der Waals surface area contributed by atoms with Gasteiger partial charge in [-0.1, -0.05) is 6.07 Å². The number of nitrogens with zero attached hydrogens (tertiary/aromatic N) is 2. The first-order chi connectivity index (χ1) is 11.8. The van der Waals surface area contributed by atoms with E-state index in [0.29, 0.717) is 38.3 Å². The second-order valence-electron chi connectivity index (χ2n) is 7.41. The molecule has 1 fully saturated rings. The van der Waals surface area contributed by atoms with Crippen LogP contribution in [0.3, 0.4) is 0 Å². The van der Waals surface area contributed by atoms with Gasteiger partial charge in [0.15, 0.2) is 11.5 Å². The van der Waals surface area contributed by atoms with Crippen molar-refractivity contribution >= 4 is 11.9 Å². The van der Waals surface area contributed by atoms with Gasteiger partial charge in [0, 0.05) is 31.7 Å². The largest absolute Gasteiger partial charge is 0.454 e. The van der Waals surface area contributed by atoms with Crippen molar-refractivity contribution in [2.75, 3.05) is 33.0 Å². The third-order valence-corrected chi connectivity index (χ3v) is 4.19. The summed E-state index contributed by atoms with van der Waals surface area (Å²) in [5.74, 6) is 1.47. The predicted molar refractivity (Wildman–Crippen MR) is 92.7 cm³/mol. The third kappa shape index (κ3) is 4.35. The second kappa shape index (κ2) is 6.82. The lowest BCUT2D eigenvalue weighted by atomic mass is 10.1. The van der Waals surface area contributed by atoms with Crippen molar-refractivity contribution in [3.8, 4) is 11.5 Å². The molecule has 0 spiro atoms. The number of urea groups is 1. The lowest BCUT2D eigenvalue weighted by molar-refractivity contribution is -0.131. The summed E-state index contributed by atoms with van der Waals surface area (Å²) in [6.45, 7) is 8.30. The Bertz CT molecular complexity index is 661. The van der Waals surface area contributed by atoms with Crippen LogP contribution in [-0.2, 0) is 11.2 Å². The molecule has 0 aliphatic carbocycles. The van der Waals surface area contributed by atoms with Gasteiger partial charge in [0.2, 0.25) is 12.7 Å². The zero-order valence-electron chi connectivity index (χ0n) is 15.0. The monoisotopic (exact) mass is 347 g/mol. The van der Waals surface area contributed by atoms with E-state index in [0.717, 1.165) is 11.3 Å². The number of fused-ring (bicyclic) bond motifs is 1. The molecule has 136 valence electrons. The molecule has 0 atom stereocenters. The summed E-state index contributed by atoms with van der Waals surface area (Å²) < 4.78 is 10.6. The molecule has 2 aliphatic rings. The van der Waals surface area contributed by atoms with E-state index < -0.39 is 0 Å². The maximum atomic E-state index is 12.5. The van der Waals surface area contributed by atoms with Gasteiger partial charge in [-0.05, 0) is 38.5 Å². The van der Waals surface area contributed by atoms with E-state index in [1.54, 1.807) is 4.90 Å². The molecule has 3 amide bonds. The van der Waals surface area contributed by atoms with Crippen LogP contribution in [0.15, 0.2) is 18.2 Å². The van der Waals surface area contributed by atoms with Crippen LogP contribution in [0.5, 0.6) is 11.5 Å². The lowest BCUT2D eigenvalue weighted by Gasteiger charge is -2.36.